The van der Waals surface area contributed by atoms with Crippen LogP contribution in [0.1, 0.15) is 31.2 Å². The zero-order valence-electron chi connectivity index (χ0n) is 11.1. The van der Waals surface area contributed by atoms with Crippen LogP contribution in [0.4, 0.5) is 0 Å². The molecule has 2 amide bonds. The van der Waals surface area contributed by atoms with Gasteiger partial charge in [0, 0.05) is 17.4 Å². The lowest BCUT2D eigenvalue weighted by Crippen LogP contribution is -2.46. The summed E-state index contributed by atoms with van der Waals surface area (Å²) in [5.74, 6) is 0.00846. The van der Waals surface area contributed by atoms with Crippen LogP contribution in [0, 0.1) is 5.92 Å². The van der Waals surface area contributed by atoms with Gasteiger partial charge in [-0.15, -0.1) is 0 Å². The first-order chi connectivity index (χ1) is 9.59. The van der Waals surface area contributed by atoms with E-state index in [0.717, 1.165) is 22.9 Å². The summed E-state index contributed by atoms with van der Waals surface area (Å²) in [6.07, 6.45) is 3.07. The molecule has 0 radical (unpaired) electrons. The predicted octanol–water partition coefficient (Wildman–Crippen LogP) is 2.08. The molecule has 0 unspecified atom stereocenters. The van der Waals surface area contributed by atoms with Crippen LogP contribution in [0.3, 0.4) is 0 Å². The van der Waals surface area contributed by atoms with Crippen molar-refractivity contribution >= 4 is 27.7 Å². The summed E-state index contributed by atoms with van der Waals surface area (Å²) >= 11 is 3.42. The first-order valence-electron chi connectivity index (χ1n) is 6.94. The first-order valence-corrected chi connectivity index (χ1v) is 7.73. The first kappa shape index (κ1) is 13.6. The number of amides is 2. The summed E-state index contributed by atoms with van der Waals surface area (Å²) in [5.41, 5.74) is 0.980. The van der Waals surface area contributed by atoms with E-state index >= 15 is 0 Å². The van der Waals surface area contributed by atoms with Gasteiger partial charge >= 0.3 is 0 Å². The highest BCUT2D eigenvalue weighted by Crippen LogP contribution is 2.46. The Hall–Kier alpha value is -1.36. The van der Waals surface area contributed by atoms with Crippen LogP contribution < -0.4 is 10.6 Å². The van der Waals surface area contributed by atoms with Crippen LogP contribution in [0.15, 0.2) is 28.7 Å². The van der Waals surface area contributed by atoms with E-state index in [1.807, 2.05) is 12.1 Å². The van der Waals surface area contributed by atoms with Crippen molar-refractivity contribution in [2.45, 2.75) is 31.2 Å². The van der Waals surface area contributed by atoms with E-state index in [4.69, 9.17) is 0 Å². The van der Waals surface area contributed by atoms with E-state index < -0.39 is 0 Å². The van der Waals surface area contributed by atoms with Gasteiger partial charge in [0.15, 0.2) is 0 Å². The van der Waals surface area contributed by atoms with Crippen molar-refractivity contribution in [3.63, 3.8) is 0 Å². The van der Waals surface area contributed by atoms with Gasteiger partial charge in [0.25, 0.3) is 0 Å². The predicted molar refractivity (Wildman–Crippen MR) is 78.9 cm³/mol. The molecule has 2 aliphatic rings. The summed E-state index contributed by atoms with van der Waals surface area (Å²) in [7, 11) is 0. The Morgan fingerprint density at radius 3 is 2.55 bits per heavy atom. The number of carbonyl (C=O) groups excluding carboxylic acids is 2. The zero-order chi connectivity index (χ0) is 14.2. The normalized spacial score (nSPS) is 23.9. The maximum atomic E-state index is 12.3. The molecule has 1 saturated carbocycles. The molecular weight excluding hydrogens is 320 g/mol. The van der Waals surface area contributed by atoms with Gasteiger partial charge in [0.2, 0.25) is 11.8 Å². The van der Waals surface area contributed by atoms with E-state index in [1.165, 1.54) is 0 Å². The maximum absolute atomic E-state index is 12.3. The third-order valence-corrected chi connectivity index (χ3v) is 4.67. The molecule has 2 N–H and O–H groups in total. The molecule has 106 valence electrons. The van der Waals surface area contributed by atoms with Gasteiger partial charge < -0.3 is 10.6 Å². The number of rotatable bonds is 3. The Morgan fingerprint density at radius 1 is 1.30 bits per heavy atom. The van der Waals surface area contributed by atoms with Gasteiger partial charge in [-0.1, -0.05) is 28.1 Å². The lowest BCUT2D eigenvalue weighted by molar-refractivity contribution is -0.129. The fraction of sp³-hybridized carbons (Fsp3) is 0.467. The second kappa shape index (κ2) is 5.20. The van der Waals surface area contributed by atoms with Crippen LogP contribution in [-0.4, -0.2) is 18.4 Å². The van der Waals surface area contributed by atoms with Crippen LogP contribution in [0.2, 0.25) is 0 Å². The Labute approximate surface area is 126 Å². The summed E-state index contributed by atoms with van der Waals surface area (Å²) in [5, 5.41) is 5.94. The molecule has 1 heterocycles. The Kier molecular flexibility index (Phi) is 3.54. The average molecular weight is 337 g/mol. The molecule has 1 saturated heterocycles. The highest BCUT2D eigenvalue weighted by Gasteiger charge is 2.46. The molecule has 4 nitrogen and oxygen atoms in total. The van der Waals surface area contributed by atoms with Crippen molar-refractivity contribution < 1.29 is 9.59 Å². The molecule has 1 aliphatic heterocycles. The lowest BCUT2D eigenvalue weighted by atomic mass is 9.96. The minimum Gasteiger partial charge on any atom is -0.355 e. The second-order valence-electron chi connectivity index (χ2n) is 5.62. The van der Waals surface area contributed by atoms with Crippen molar-refractivity contribution in [1.29, 1.82) is 0 Å². The van der Waals surface area contributed by atoms with E-state index in [1.54, 1.807) is 0 Å². The van der Waals surface area contributed by atoms with Crippen molar-refractivity contribution in [1.82, 2.24) is 10.6 Å². The lowest BCUT2D eigenvalue weighted by Gasteiger charge is -2.25. The number of carbonyl (C=O) groups is 2. The monoisotopic (exact) mass is 336 g/mol. The van der Waals surface area contributed by atoms with E-state index in [9.17, 15) is 9.59 Å². The average Bonchev–Trinajstić information content (AvgIpc) is 3.21. The third kappa shape index (κ3) is 2.73. The number of hydrogen-bond donors (Lipinski definition) is 2. The largest absolute Gasteiger partial charge is 0.355 e. The molecular formula is C15H17BrN2O2. The van der Waals surface area contributed by atoms with Gasteiger partial charge in [-0.2, -0.15) is 0 Å². The van der Waals surface area contributed by atoms with Crippen molar-refractivity contribution in [2.24, 2.45) is 5.92 Å². The molecule has 1 aliphatic carbocycles. The van der Waals surface area contributed by atoms with Gasteiger partial charge in [-0.25, -0.2) is 0 Å². The quantitative estimate of drug-likeness (QED) is 0.887. The minimum absolute atomic E-state index is 0.0445. The smallest absolute Gasteiger partial charge is 0.225 e. The molecule has 0 bridgehead atoms. The van der Waals surface area contributed by atoms with E-state index in [2.05, 4.69) is 38.7 Å². The van der Waals surface area contributed by atoms with Gasteiger partial charge in [-0.3, -0.25) is 9.59 Å². The van der Waals surface area contributed by atoms with Gasteiger partial charge in [0.1, 0.15) is 0 Å². The number of piperidine rings is 1. The number of benzene rings is 1. The van der Waals surface area contributed by atoms with Crippen LogP contribution in [0.25, 0.3) is 0 Å². The summed E-state index contributed by atoms with van der Waals surface area (Å²) in [6.45, 7) is 0.459. The van der Waals surface area contributed by atoms with Crippen molar-refractivity contribution in [2.75, 3.05) is 6.54 Å². The van der Waals surface area contributed by atoms with Crippen LogP contribution in [-0.2, 0) is 15.1 Å². The topological polar surface area (TPSA) is 58.2 Å². The molecule has 1 aromatic rings. The molecule has 20 heavy (non-hydrogen) atoms. The molecule has 1 aromatic carbocycles. The van der Waals surface area contributed by atoms with Gasteiger partial charge in [-0.05, 0) is 37.0 Å². The highest BCUT2D eigenvalue weighted by molar-refractivity contribution is 9.10. The van der Waals surface area contributed by atoms with E-state index in [0.29, 0.717) is 19.4 Å². The Morgan fingerprint density at radius 2 is 2.00 bits per heavy atom. The fourth-order valence-corrected chi connectivity index (χ4v) is 2.94. The summed E-state index contributed by atoms with van der Waals surface area (Å²) in [6, 6.07) is 8.12. The van der Waals surface area contributed by atoms with Crippen LogP contribution in [0.5, 0.6) is 0 Å². The van der Waals surface area contributed by atoms with Crippen molar-refractivity contribution in [3.05, 3.63) is 34.3 Å². The standard InChI is InChI=1S/C15H17BrN2O2/c16-12-4-2-11(3-5-12)15(7-8-15)18-14(20)10-1-6-13(19)17-9-10/h2-5,10H,1,6-9H2,(H,17,19)(H,18,20)/t10-/m1/s1. The Bertz CT molecular complexity index is 527. The van der Waals surface area contributed by atoms with Crippen molar-refractivity contribution in [3.8, 4) is 0 Å². The highest BCUT2D eigenvalue weighted by atomic mass is 79.9. The summed E-state index contributed by atoms with van der Waals surface area (Å²) < 4.78 is 1.04. The van der Waals surface area contributed by atoms with Gasteiger partial charge in [0.05, 0.1) is 11.5 Å². The van der Waals surface area contributed by atoms with Crippen LogP contribution >= 0.6 is 15.9 Å². The number of nitrogens with one attached hydrogen (secondary N) is 2. The number of halogens is 1. The molecule has 0 spiro atoms. The fourth-order valence-electron chi connectivity index (χ4n) is 2.67. The third-order valence-electron chi connectivity index (χ3n) is 4.15. The zero-order valence-corrected chi connectivity index (χ0v) is 12.7. The molecule has 0 aromatic heterocycles. The Balaban J connectivity index is 1.66. The second-order valence-corrected chi connectivity index (χ2v) is 6.53. The molecule has 3 rings (SSSR count). The molecule has 2 fully saturated rings. The minimum atomic E-state index is -0.181. The van der Waals surface area contributed by atoms with E-state index in [-0.39, 0.29) is 23.3 Å². The maximum Gasteiger partial charge on any atom is 0.225 e. The SMILES string of the molecule is O=C1CC[C@@H](C(=O)NC2(c3ccc(Br)cc3)CC2)CN1. The summed E-state index contributed by atoms with van der Waals surface area (Å²) in [4.78, 5) is 23.5. The molecule has 1 atom stereocenters. The molecule has 5 heteroatoms. The number of hydrogen-bond acceptors (Lipinski definition) is 2.